The van der Waals surface area contributed by atoms with E-state index in [-0.39, 0.29) is 5.78 Å². The molecule has 3 heteroatoms. The fourth-order valence-corrected chi connectivity index (χ4v) is 1.91. The number of Topliss-reactive ketones (excluding diaryl/α,β-unsaturated/α-hetero) is 1. The van der Waals surface area contributed by atoms with Crippen molar-refractivity contribution in [1.29, 1.82) is 0 Å². The largest absolute Gasteiger partial charge is 0.456 e. The van der Waals surface area contributed by atoms with E-state index in [0.29, 0.717) is 17.9 Å². The van der Waals surface area contributed by atoms with Crippen molar-refractivity contribution in [1.82, 2.24) is 4.98 Å². The van der Waals surface area contributed by atoms with Crippen molar-refractivity contribution in [3.05, 3.63) is 53.3 Å². The first-order valence-corrected chi connectivity index (χ1v) is 6.34. The first-order valence-electron chi connectivity index (χ1n) is 6.34. The standard InChI is InChI=1S/C16H17NO2/c1-4-16(18)15-6-5-13(10-17-15)19-14-8-11(2)7-12(3)9-14/h5-10H,4H2,1-3H3. The molecule has 3 nitrogen and oxygen atoms in total. The zero-order chi connectivity index (χ0) is 13.8. The quantitative estimate of drug-likeness (QED) is 0.773. The Kier molecular flexibility index (Phi) is 3.95. The van der Waals surface area contributed by atoms with Crippen LogP contribution in [-0.4, -0.2) is 10.8 Å². The molecular weight excluding hydrogens is 238 g/mol. The third kappa shape index (κ3) is 3.41. The summed E-state index contributed by atoms with van der Waals surface area (Å²) in [5.74, 6) is 1.46. The summed E-state index contributed by atoms with van der Waals surface area (Å²) < 4.78 is 5.73. The summed E-state index contributed by atoms with van der Waals surface area (Å²) in [5.41, 5.74) is 2.79. The van der Waals surface area contributed by atoms with Gasteiger partial charge in [-0.3, -0.25) is 4.79 Å². The lowest BCUT2D eigenvalue weighted by Gasteiger charge is -2.07. The van der Waals surface area contributed by atoms with Crippen molar-refractivity contribution in [2.24, 2.45) is 0 Å². The molecule has 0 aliphatic heterocycles. The van der Waals surface area contributed by atoms with Crippen molar-refractivity contribution in [3.63, 3.8) is 0 Å². The summed E-state index contributed by atoms with van der Waals surface area (Å²) in [6.07, 6.45) is 2.05. The van der Waals surface area contributed by atoms with E-state index >= 15 is 0 Å². The molecule has 0 aliphatic rings. The normalized spacial score (nSPS) is 10.3. The second-order valence-electron chi connectivity index (χ2n) is 4.58. The van der Waals surface area contributed by atoms with Crippen LogP contribution in [-0.2, 0) is 0 Å². The van der Waals surface area contributed by atoms with Crippen LogP contribution in [0.2, 0.25) is 0 Å². The number of ketones is 1. The van der Waals surface area contributed by atoms with E-state index in [1.165, 1.54) is 0 Å². The lowest BCUT2D eigenvalue weighted by atomic mass is 10.1. The number of hydrogen-bond acceptors (Lipinski definition) is 3. The van der Waals surface area contributed by atoms with Crippen LogP contribution in [0.3, 0.4) is 0 Å². The van der Waals surface area contributed by atoms with Gasteiger partial charge < -0.3 is 4.74 Å². The summed E-state index contributed by atoms with van der Waals surface area (Å²) in [5, 5.41) is 0. The van der Waals surface area contributed by atoms with E-state index in [2.05, 4.69) is 11.1 Å². The fraction of sp³-hybridized carbons (Fsp3) is 0.250. The molecule has 0 saturated heterocycles. The summed E-state index contributed by atoms with van der Waals surface area (Å²) in [6.45, 7) is 5.88. The Labute approximate surface area is 113 Å². The van der Waals surface area contributed by atoms with Gasteiger partial charge in [-0.1, -0.05) is 13.0 Å². The molecule has 2 aromatic rings. The summed E-state index contributed by atoms with van der Waals surface area (Å²) in [7, 11) is 0. The second-order valence-corrected chi connectivity index (χ2v) is 4.58. The molecule has 19 heavy (non-hydrogen) atoms. The Morgan fingerprint density at radius 3 is 2.32 bits per heavy atom. The molecule has 1 aromatic heterocycles. The third-order valence-electron chi connectivity index (χ3n) is 2.77. The summed E-state index contributed by atoms with van der Waals surface area (Å²) >= 11 is 0. The highest BCUT2D eigenvalue weighted by atomic mass is 16.5. The maximum atomic E-state index is 11.5. The zero-order valence-electron chi connectivity index (χ0n) is 11.4. The maximum absolute atomic E-state index is 11.5. The minimum atomic E-state index is 0.0398. The molecule has 0 bridgehead atoms. The Hall–Kier alpha value is -2.16. The predicted molar refractivity (Wildman–Crippen MR) is 74.8 cm³/mol. The molecule has 0 fully saturated rings. The van der Waals surface area contributed by atoms with Gasteiger partial charge in [-0.25, -0.2) is 4.98 Å². The number of rotatable bonds is 4. The molecule has 0 aliphatic carbocycles. The Bertz CT molecular complexity index is 568. The van der Waals surface area contributed by atoms with Gasteiger partial charge in [0.15, 0.2) is 5.78 Å². The number of pyridine rings is 1. The number of carbonyl (C=O) groups excluding carboxylic acids is 1. The number of aryl methyl sites for hydroxylation is 2. The molecular formula is C16H17NO2. The first-order chi connectivity index (χ1) is 9.08. The average molecular weight is 255 g/mol. The van der Waals surface area contributed by atoms with Gasteiger partial charge in [0.1, 0.15) is 17.2 Å². The lowest BCUT2D eigenvalue weighted by Crippen LogP contribution is -1.99. The molecule has 0 amide bonds. The van der Waals surface area contributed by atoms with Crippen LogP contribution >= 0.6 is 0 Å². The third-order valence-corrected chi connectivity index (χ3v) is 2.77. The van der Waals surface area contributed by atoms with Crippen molar-refractivity contribution >= 4 is 5.78 Å². The minimum Gasteiger partial charge on any atom is -0.456 e. The molecule has 0 saturated carbocycles. The second kappa shape index (κ2) is 5.65. The fourth-order valence-electron chi connectivity index (χ4n) is 1.91. The summed E-state index contributed by atoms with van der Waals surface area (Å²) in [6, 6.07) is 9.50. The van der Waals surface area contributed by atoms with Gasteiger partial charge in [-0.05, 0) is 49.2 Å². The number of hydrogen-bond donors (Lipinski definition) is 0. The van der Waals surface area contributed by atoms with Gasteiger partial charge in [-0.15, -0.1) is 0 Å². The van der Waals surface area contributed by atoms with Gasteiger partial charge >= 0.3 is 0 Å². The highest BCUT2D eigenvalue weighted by Gasteiger charge is 2.05. The van der Waals surface area contributed by atoms with Crippen LogP contribution in [0.5, 0.6) is 11.5 Å². The van der Waals surface area contributed by atoms with Crippen molar-refractivity contribution < 1.29 is 9.53 Å². The van der Waals surface area contributed by atoms with Crippen LogP contribution in [0.1, 0.15) is 35.0 Å². The molecule has 98 valence electrons. The van der Waals surface area contributed by atoms with E-state index < -0.39 is 0 Å². The molecule has 1 heterocycles. The number of carbonyl (C=O) groups is 1. The van der Waals surface area contributed by atoms with Gasteiger partial charge in [0.25, 0.3) is 0 Å². The van der Waals surface area contributed by atoms with Crippen molar-refractivity contribution in [2.45, 2.75) is 27.2 Å². The van der Waals surface area contributed by atoms with Crippen LogP contribution in [0.4, 0.5) is 0 Å². The zero-order valence-corrected chi connectivity index (χ0v) is 11.4. The van der Waals surface area contributed by atoms with Crippen LogP contribution in [0.15, 0.2) is 36.5 Å². The molecule has 0 radical (unpaired) electrons. The van der Waals surface area contributed by atoms with Crippen LogP contribution in [0.25, 0.3) is 0 Å². The maximum Gasteiger partial charge on any atom is 0.180 e. The molecule has 0 atom stereocenters. The SMILES string of the molecule is CCC(=O)c1ccc(Oc2cc(C)cc(C)c2)cn1. The van der Waals surface area contributed by atoms with Gasteiger partial charge in [0.2, 0.25) is 0 Å². The van der Waals surface area contributed by atoms with E-state index in [4.69, 9.17) is 4.74 Å². The Balaban J connectivity index is 2.17. The summed E-state index contributed by atoms with van der Waals surface area (Å²) in [4.78, 5) is 15.6. The number of nitrogens with zero attached hydrogens (tertiary/aromatic N) is 1. The van der Waals surface area contributed by atoms with Gasteiger partial charge in [-0.2, -0.15) is 0 Å². The molecule has 0 N–H and O–H groups in total. The van der Waals surface area contributed by atoms with Crippen molar-refractivity contribution in [2.75, 3.05) is 0 Å². The molecule has 0 spiro atoms. The topological polar surface area (TPSA) is 39.2 Å². The van der Waals surface area contributed by atoms with E-state index in [1.54, 1.807) is 18.3 Å². The minimum absolute atomic E-state index is 0.0398. The van der Waals surface area contributed by atoms with E-state index in [1.807, 2.05) is 32.9 Å². The van der Waals surface area contributed by atoms with Gasteiger partial charge in [0.05, 0.1) is 6.20 Å². The smallest absolute Gasteiger partial charge is 0.180 e. The van der Waals surface area contributed by atoms with Crippen molar-refractivity contribution in [3.8, 4) is 11.5 Å². The number of benzene rings is 1. The van der Waals surface area contributed by atoms with E-state index in [9.17, 15) is 4.79 Å². The Morgan fingerprint density at radius 2 is 1.79 bits per heavy atom. The lowest BCUT2D eigenvalue weighted by molar-refractivity contribution is 0.0983. The van der Waals surface area contributed by atoms with Crippen LogP contribution < -0.4 is 4.74 Å². The van der Waals surface area contributed by atoms with Gasteiger partial charge in [0, 0.05) is 6.42 Å². The highest BCUT2D eigenvalue weighted by molar-refractivity contribution is 5.93. The predicted octanol–water partition coefficient (Wildman–Crippen LogP) is 4.08. The average Bonchev–Trinajstić information content (AvgIpc) is 2.37. The monoisotopic (exact) mass is 255 g/mol. The molecule has 2 rings (SSSR count). The number of ether oxygens (including phenoxy) is 1. The Morgan fingerprint density at radius 1 is 1.11 bits per heavy atom. The van der Waals surface area contributed by atoms with E-state index in [0.717, 1.165) is 16.9 Å². The molecule has 0 unspecified atom stereocenters. The molecule has 1 aromatic carbocycles. The number of aromatic nitrogens is 1. The van der Waals surface area contributed by atoms with Crippen LogP contribution in [0, 0.1) is 13.8 Å². The first kappa shape index (κ1) is 13.3. The highest BCUT2D eigenvalue weighted by Crippen LogP contribution is 2.23.